The highest BCUT2D eigenvalue weighted by molar-refractivity contribution is 5.77. The number of ether oxygens (including phenoxy) is 7. The summed E-state index contributed by atoms with van der Waals surface area (Å²) in [5.41, 5.74) is 0. The van der Waals surface area contributed by atoms with E-state index in [0.29, 0.717) is 0 Å². The normalized spacial score (nSPS) is 38.1. The Morgan fingerprint density at radius 3 is 2.04 bits per heavy atom. The molecule has 0 aromatic heterocycles. The molecule has 0 amide bonds. The second kappa shape index (κ2) is 7.01. The Kier molecular flexibility index (Phi) is 5.43. The van der Waals surface area contributed by atoms with Crippen LogP contribution >= 0.6 is 0 Å². The summed E-state index contributed by atoms with van der Waals surface area (Å²) in [7, 11) is 2.49. The molecule has 6 unspecified atom stereocenters. The van der Waals surface area contributed by atoms with Crippen molar-refractivity contribution in [3.05, 3.63) is 0 Å². The van der Waals surface area contributed by atoms with Crippen molar-refractivity contribution in [1.82, 2.24) is 0 Å². The van der Waals surface area contributed by atoms with Gasteiger partial charge in [-0.3, -0.25) is 14.3 Å². The third-order valence-electron chi connectivity index (χ3n) is 3.58. The van der Waals surface area contributed by atoms with Gasteiger partial charge in [-0.15, -0.1) is 0 Å². The van der Waals surface area contributed by atoms with E-state index in [1.165, 1.54) is 21.0 Å². The molecule has 0 aromatic rings. The Balaban J connectivity index is 2.37. The van der Waals surface area contributed by atoms with Gasteiger partial charge in [-0.25, -0.2) is 4.79 Å². The zero-order valence-electron chi connectivity index (χ0n) is 14.0. The second-order valence-electron chi connectivity index (χ2n) is 5.36. The first-order valence-corrected chi connectivity index (χ1v) is 7.19. The molecular weight excluding hydrogens is 328 g/mol. The minimum atomic E-state index is -1.47. The predicted octanol–water partition coefficient (Wildman–Crippen LogP) is -0.517. The molecule has 2 saturated heterocycles. The summed E-state index contributed by atoms with van der Waals surface area (Å²) in [5.74, 6) is -3.64. The van der Waals surface area contributed by atoms with E-state index in [1.54, 1.807) is 0 Å². The SMILES string of the molecule is COC(=O)C1OC2OC(C)(OC)OC2C(OC(C)=O)C1OC(C)=O. The van der Waals surface area contributed by atoms with Gasteiger partial charge in [0.25, 0.3) is 5.97 Å². The van der Waals surface area contributed by atoms with Gasteiger partial charge in [0, 0.05) is 27.9 Å². The maximum atomic E-state index is 12.0. The van der Waals surface area contributed by atoms with E-state index >= 15 is 0 Å². The van der Waals surface area contributed by atoms with Gasteiger partial charge in [-0.1, -0.05) is 0 Å². The molecule has 2 rings (SSSR count). The van der Waals surface area contributed by atoms with Crippen LogP contribution in [0.2, 0.25) is 0 Å². The van der Waals surface area contributed by atoms with Crippen molar-refractivity contribution < 1.29 is 47.5 Å². The van der Waals surface area contributed by atoms with E-state index in [9.17, 15) is 14.4 Å². The minimum Gasteiger partial charge on any atom is -0.467 e. The van der Waals surface area contributed by atoms with Gasteiger partial charge in [-0.05, 0) is 0 Å². The predicted molar refractivity (Wildman–Crippen MR) is 73.2 cm³/mol. The molecule has 2 fully saturated rings. The van der Waals surface area contributed by atoms with Crippen LogP contribution in [0.3, 0.4) is 0 Å². The van der Waals surface area contributed by atoms with Crippen LogP contribution < -0.4 is 0 Å². The van der Waals surface area contributed by atoms with Gasteiger partial charge in [-0.2, -0.15) is 0 Å². The molecule has 2 heterocycles. The number of carbonyl (C=O) groups excluding carboxylic acids is 3. The van der Waals surface area contributed by atoms with E-state index in [4.69, 9.17) is 28.4 Å². The molecule has 2 aliphatic heterocycles. The standard InChI is InChI=1S/C14H20O10/c1-6(15)20-8-9(21-7(2)16)11-13(22-10(8)12(17)18-4)24-14(3,19-5)23-11/h8-11,13H,1-5H3. The summed E-state index contributed by atoms with van der Waals surface area (Å²) < 4.78 is 36.7. The van der Waals surface area contributed by atoms with Gasteiger partial charge in [0.05, 0.1) is 7.11 Å². The first-order valence-electron chi connectivity index (χ1n) is 7.19. The minimum absolute atomic E-state index is 0.656. The highest BCUT2D eigenvalue weighted by Crippen LogP contribution is 2.39. The third-order valence-corrected chi connectivity index (χ3v) is 3.58. The lowest BCUT2D eigenvalue weighted by Crippen LogP contribution is -2.61. The van der Waals surface area contributed by atoms with Crippen LogP contribution in [0.5, 0.6) is 0 Å². The van der Waals surface area contributed by atoms with E-state index in [1.807, 2.05) is 0 Å². The second-order valence-corrected chi connectivity index (χ2v) is 5.36. The van der Waals surface area contributed by atoms with Crippen LogP contribution in [0.15, 0.2) is 0 Å². The molecule has 0 spiro atoms. The topological polar surface area (TPSA) is 116 Å². The Morgan fingerprint density at radius 1 is 0.958 bits per heavy atom. The summed E-state index contributed by atoms with van der Waals surface area (Å²) in [6.07, 6.45) is -5.82. The molecule has 24 heavy (non-hydrogen) atoms. The third kappa shape index (κ3) is 3.66. The van der Waals surface area contributed by atoms with Crippen LogP contribution in [0.1, 0.15) is 20.8 Å². The molecule has 6 atom stereocenters. The van der Waals surface area contributed by atoms with Gasteiger partial charge in [0.2, 0.25) is 0 Å². The molecule has 0 radical (unpaired) electrons. The molecule has 2 aliphatic rings. The molecule has 10 nitrogen and oxygen atoms in total. The number of rotatable bonds is 4. The Hall–Kier alpha value is -1.75. The lowest BCUT2D eigenvalue weighted by atomic mass is 9.98. The van der Waals surface area contributed by atoms with Crippen molar-refractivity contribution in [2.75, 3.05) is 14.2 Å². The van der Waals surface area contributed by atoms with E-state index in [2.05, 4.69) is 4.74 Å². The summed E-state index contributed by atoms with van der Waals surface area (Å²) in [4.78, 5) is 34.9. The van der Waals surface area contributed by atoms with Crippen LogP contribution in [0, 0.1) is 0 Å². The number of carbonyl (C=O) groups is 3. The fourth-order valence-corrected chi connectivity index (χ4v) is 2.57. The van der Waals surface area contributed by atoms with Crippen LogP contribution in [-0.4, -0.2) is 68.8 Å². The van der Waals surface area contributed by atoms with Crippen LogP contribution in [0.4, 0.5) is 0 Å². The molecule has 10 heteroatoms. The van der Waals surface area contributed by atoms with E-state index < -0.39 is 54.6 Å². The van der Waals surface area contributed by atoms with Gasteiger partial charge >= 0.3 is 17.9 Å². The van der Waals surface area contributed by atoms with Crippen molar-refractivity contribution in [1.29, 1.82) is 0 Å². The van der Waals surface area contributed by atoms with Crippen molar-refractivity contribution in [2.24, 2.45) is 0 Å². The lowest BCUT2D eigenvalue weighted by molar-refractivity contribution is -0.333. The number of methoxy groups -OCH3 is 2. The summed E-state index contributed by atoms with van der Waals surface area (Å²) >= 11 is 0. The number of hydrogen-bond acceptors (Lipinski definition) is 10. The molecule has 136 valence electrons. The zero-order chi connectivity index (χ0) is 18.1. The largest absolute Gasteiger partial charge is 0.467 e. The van der Waals surface area contributed by atoms with Gasteiger partial charge in [0.1, 0.15) is 0 Å². The quantitative estimate of drug-likeness (QED) is 0.485. The monoisotopic (exact) mass is 348 g/mol. The molecule has 0 saturated carbocycles. The summed E-state index contributed by atoms with van der Waals surface area (Å²) in [6, 6.07) is 0. The Labute approximate surface area is 138 Å². The Bertz CT molecular complexity index is 520. The smallest absolute Gasteiger partial charge is 0.339 e. The number of esters is 3. The Morgan fingerprint density at radius 2 is 1.54 bits per heavy atom. The summed E-state index contributed by atoms with van der Waals surface area (Å²) in [5, 5.41) is 0. The van der Waals surface area contributed by atoms with E-state index in [-0.39, 0.29) is 0 Å². The molecule has 0 bridgehead atoms. The van der Waals surface area contributed by atoms with Crippen molar-refractivity contribution in [3.8, 4) is 0 Å². The number of fused-ring (bicyclic) bond motifs is 1. The van der Waals surface area contributed by atoms with Crippen LogP contribution in [-0.2, 0) is 47.5 Å². The molecule has 0 aromatic carbocycles. The average molecular weight is 348 g/mol. The van der Waals surface area contributed by atoms with Crippen molar-refractivity contribution >= 4 is 17.9 Å². The summed E-state index contributed by atoms with van der Waals surface area (Å²) in [6.45, 7) is 3.80. The van der Waals surface area contributed by atoms with Gasteiger partial charge < -0.3 is 28.4 Å². The van der Waals surface area contributed by atoms with Crippen molar-refractivity contribution in [2.45, 2.75) is 57.5 Å². The highest BCUT2D eigenvalue weighted by Gasteiger charge is 2.60. The van der Waals surface area contributed by atoms with Crippen molar-refractivity contribution in [3.63, 3.8) is 0 Å². The first kappa shape index (κ1) is 18.6. The first-order chi connectivity index (χ1) is 11.2. The zero-order valence-corrected chi connectivity index (χ0v) is 14.0. The fraction of sp³-hybridized carbons (Fsp3) is 0.786. The maximum absolute atomic E-state index is 12.0. The molecular formula is C14H20O10. The molecule has 0 N–H and O–H groups in total. The van der Waals surface area contributed by atoms with Gasteiger partial charge in [0.15, 0.2) is 30.7 Å². The number of hydrogen-bond donors (Lipinski definition) is 0. The van der Waals surface area contributed by atoms with E-state index in [0.717, 1.165) is 14.0 Å². The maximum Gasteiger partial charge on any atom is 0.339 e. The lowest BCUT2D eigenvalue weighted by Gasteiger charge is -2.39. The van der Waals surface area contributed by atoms with Crippen LogP contribution in [0.25, 0.3) is 0 Å². The fourth-order valence-electron chi connectivity index (χ4n) is 2.57. The average Bonchev–Trinajstić information content (AvgIpc) is 2.85. The highest BCUT2D eigenvalue weighted by atomic mass is 16.9. The molecule has 0 aliphatic carbocycles.